The van der Waals surface area contributed by atoms with Crippen molar-refractivity contribution in [1.82, 2.24) is 14.9 Å². The van der Waals surface area contributed by atoms with Gasteiger partial charge in [0.15, 0.2) is 11.5 Å². The molecule has 0 bridgehead atoms. The Balaban J connectivity index is 1.43. The van der Waals surface area contributed by atoms with Crippen LogP contribution in [0.4, 0.5) is 14.7 Å². The maximum atomic E-state index is 15.1. The third-order valence-electron chi connectivity index (χ3n) is 9.76. The third kappa shape index (κ3) is 6.49. The highest BCUT2D eigenvalue weighted by molar-refractivity contribution is 5.96. The number of aryl methyl sites for hydroxylation is 1. The van der Waals surface area contributed by atoms with Crippen molar-refractivity contribution >= 4 is 23.6 Å². The molecule has 2 fully saturated rings. The van der Waals surface area contributed by atoms with E-state index in [1.165, 1.54) is 37.1 Å². The van der Waals surface area contributed by atoms with Crippen LogP contribution < -0.4 is 4.90 Å². The minimum Gasteiger partial charge on any atom is -0.501 e. The van der Waals surface area contributed by atoms with Crippen LogP contribution in [-0.2, 0) is 11.2 Å². The highest BCUT2D eigenvalue weighted by Crippen LogP contribution is 2.37. The summed E-state index contributed by atoms with van der Waals surface area (Å²) in [6, 6.07) is 9.86. The Labute approximate surface area is 263 Å². The van der Waals surface area contributed by atoms with Crippen LogP contribution in [-0.4, -0.2) is 58.0 Å². The number of carbonyl (C=O) groups is 1. The van der Waals surface area contributed by atoms with Crippen LogP contribution in [0.25, 0.3) is 23.1 Å². The lowest BCUT2D eigenvalue weighted by Crippen LogP contribution is -2.48. The van der Waals surface area contributed by atoms with Gasteiger partial charge in [0.05, 0.1) is 11.4 Å². The molecule has 3 aliphatic rings. The van der Waals surface area contributed by atoms with E-state index in [4.69, 9.17) is 9.97 Å². The molecule has 6 rings (SSSR count). The number of allylic oxidation sites excluding steroid dienone is 1. The number of hydrogen-bond donors (Lipinski definition) is 1. The standard InChI is InChI=1S/C37H40F2N4O2/c1-4-34(45)25-9-8-24(3)30(21-25)36-29-11-10-28(44)20-26(35-31(38)6-5-7-32(35)39)22-33(29)40-37(41-36)43-18-14-27(15-19-43)42-16-12-23(2)13-17-42/h5-11,21,23,26-27,45H,1,12-20,22H2,2-3H3. The van der Waals surface area contributed by atoms with Crippen LogP contribution in [0.2, 0.25) is 0 Å². The summed E-state index contributed by atoms with van der Waals surface area (Å²) in [5.41, 5.74) is 6.54. The quantitative estimate of drug-likeness (QED) is 0.239. The Morgan fingerprint density at radius 3 is 2.38 bits per heavy atom. The number of piperidine rings is 2. The molecule has 0 spiro atoms. The Morgan fingerprint density at radius 1 is 0.978 bits per heavy atom. The molecule has 234 valence electrons. The van der Waals surface area contributed by atoms with Gasteiger partial charge in [-0.15, -0.1) is 0 Å². The van der Waals surface area contributed by atoms with Gasteiger partial charge >= 0.3 is 0 Å². The van der Waals surface area contributed by atoms with Crippen LogP contribution in [0, 0.1) is 24.5 Å². The van der Waals surface area contributed by atoms with E-state index in [0.29, 0.717) is 34.5 Å². The van der Waals surface area contributed by atoms with Crippen LogP contribution in [0.3, 0.4) is 0 Å². The molecule has 0 radical (unpaired) electrons. The average Bonchev–Trinajstić information content (AvgIpc) is 3.03. The number of aromatic nitrogens is 2. The molecule has 3 heterocycles. The van der Waals surface area contributed by atoms with Crippen molar-refractivity contribution in [3.63, 3.8) is 0 Å². The van der Waals surface area contributed by atoms with Crippen LogP contribution in [0.15, 0.2) is 54.8 Å². The van der Waals surface area contributed by atoms with E-state index in [-0.39, 0.29) is 29.9 Å². The van der Waals surface area contributed by atoms with Crippen molar-refractivity contribution in [3.05, 3.63) is 94.4 Å². The first kappa shape index (κ1) is 30.9. The Bertz CT molecular complexity index is 1660. The third-order valence-corrected chi connectivity index (χ3v) is 9.76. The number of nitrogens with zero attached hydrogens (tertiary/aromatic N) is 4. The number of ketones is 1. The summed E-state index contributed by atoms with van der Waals surface area (Å²) < 4.78 is 30.1. The van der Waals surface area contributed by atoms with Crippen molar-refractivity contribution in [3.8, 4) is 11.3 Å². The van der Waals surface area contributed by atoms with E-state index in [2.05, 4.69) is 29.0 Å². The normalized spacial score (nSPS) is 20.0. The van der Waals surface area contributed by atoms with Gasteiger partial charge in [0.2, 0.25) is 5.95 Å². The fraction of sp³-hybridized carbons (Fsp3) is 0.405. The van der Waals surface area contributed by atoms with Gasteiger partial charge in [-0.3, -0.25) is 4.79 Å². The molecule has 0 amide bonds. The minimum absolute atomic E-state index is 0.0329. The molecule has 45 heavy (non-hydrogen) atoms. The molecule has 1 atom stereocenters. The first-order valence-electron chi connectivity index (χ1n) is 16.0. The molecular weight excluding hydrogens is 570 g/mol. The van der Waals surface area contributed by atoms with Gasteiger partial charge in [-0.05, 0) is 93.9 Å². The Hall–Kier alpha value is -4.13. The summed E-state index contributed by atoms with van der Waals surface area (Å²) in [5.74, 6) is -1.02. The molecule has 1 aromatic heterocycles. The average molecular weight is 611 g/mol. The van der Waals surface area contributed by atoms with Crippen LogP contribution in [0.1, 0.15) is 72.9 Å². The molecule has 2 aliphatic heterocycles. The van der Waals surface area contributed by atoms with Crippen molar-refractivity contribution in [2.24, 2.45) is 5.92 Å². The lowest BCUT2D eigenvalue weighted by atomic mass is 9.85. The molecule has 2 saturated heterocycles. The molecule has 1 unspecified atom stereocenters. The number of halogens is 2. The molecule has 1 N–H and O–H groups in total. The topological polar surface area (TPSA) is 69.6 Å². The van der Waals surface area contributed by atoms with Gasteiger partial charge in [-0.2, -0.15) is 0 Å². The van der Waals surface area contributed by atoms with Crippen LogP contribution >= 0.6 is 0 Å². The molecule has 0 saturated carbocycles. The van der Waals surface area contributed by atoms with Gasteiger partial charge in [0.25, 0.3) is 0 Å². The largest absolute Gasteiger partial charge is 0.501 e. The number of aliphatic hydroxyl groups is 1. The van der Waals surface area contributed by atoms with E-state index in [0.717, 1.165) is 56.1 Å². The zero-order valence-electron chi connectivity index (χ0n) is 26.0. The van der Waals surface area contributed by atoms with Gasteiger partial charge in [0.1, 0.15) is 11.6 Å². The van der Waals surface area contributed by atoms with E-state index in [9.17, 15) is 9.90 Å². The van der Waals surface area contributed by atoms with Crippen molar-refractivity contribution in [2.45, 2.75) is 64.3 Å². The molecule has 3 aromatic rings. The highest BCUT2D eigenvalue weighted by atomic mass is 19.1. The number of likely N-dealkylation sites (tertiary alicyclic amines) is 1. The predicted octanol–water partition coefficient (Wildman–Crippen LogP) is 7.43. The summed E-state index contributed by atoms with van der Waals surface area (Å²) in [5, 5.41) is 10.4. The van der Waals surface area contributed by atoms with Crippen molar-refractivity contribution in [2.75, 3.05) is 31.1 Å². The second kappa shape index (κ2) is 13.1. The van der Waals surface area contributed by atoms with E-state index in [1.807, 2.05) is 19.1 Å². The number of carbonyl (C=O) groups excluding carboxylic acids is 1. The highest BCUT2D eigenvalue weighted by Gasteiger charge is 2.31. The number of fused-ring (bicyclic) bond motifs is 1. The number of rotatable bonds is 5. The summed E-state index contributed by atoms with van der Waals surface area (Å²) in [7, 11) is 0. The maximum Gasteiger partial charge on any atom is 0.226 e. The summed E-state index contributed by atoms with van der Waals surface area (Å²) in [4.78, 5) is 28.0. The monoisotopic (exact) mass is 610 g/mol. The molecule has 2 aromatic carbocycles. The number of anilines is 1. The summed E-state index contributed by atoms with van der Waals surface area (Å²) in [6.45, 7) is 11.8. The van der Waals surface area contributed by atoms with Crippen LogP contribution in [0.5, 0.6) is 0 Å². The van der Waals surface area contributed by atoms with Crippen molar-refractivity contribution < 1.29 is 18.7 Å². The summed E-state index contributed by atoms with van der Waals surface area (Å²) in [6.07, 6.45) is 7.83. The lowest BCUT2D eigenvalue weighted by molar-refractivity contribution is -0.114. The second-order valence-corrected chi connectivity index (χ2v) is 12.8. The SMILES string of the molecule is C=C=C(O)c1ccc(C)c(-c2nc(N3CCC(N4CCC(C)CC4)CC3)nc3c2C=CC(=O)CC(c2c(F)cccc2F)C3)c1. The van der Waals surface area contributed by atoms with Gasteiger partial charge in [-0.1, -0.05) is 37.4 Å². The molecule has 8 heteroatoms. The first-order chi connectivity index (χ1) is 21.7. The number of benzene rings is 2. The van der Waals surface area contributed by atoms with Gasteiger partial charge in [0, 0.05) is 53.7 Å². The van der Waals surface area contributed by atoms with E-state index < -0.39 is 17.6 Å². The number of aliphatic hydroxyl groups excluding tert-OH is 1. The zero-order valence-corrected chi connectivity index (χ0v) is 26.0. The minimum atomic E-state index is -0.731. The molecular formula is C37H40F2N4O2. The summed E-state index contributed by atoms with van der Waals surface area (Å²) >= 11 is 0. The fourth-order valence-corrected chi connectivity index (χ4v) is 7.03. The van der Waals surface area contributed by atoms with E-state index >= 15 is 8.78 Å². The first-order valence-corrected chi connectivity index (χ1v) is 16.0. The lowest BCUT2D eigenvalue weighted by Gasteiger charge is -2.41. The maximum absolute atomic E-state index is 15.1. The van der Waals surface area contributed by atoms with E-state index in [1.54, 1.807) is 12.1 Å². The number of hydrogen-bond acceptors (Lipinski definition) is 6. The second-order valence-electron chi connectivity index (χ2n) is 12.8. The zero-order chi connectivity index (χ0) is 31.7. The Kier molecular flexibility index (Phi) is 8.97. The van der Waals surface area contributed by atoms with Gasteiger partial charge < -0.3 is 14.9 Å². The predicted molar refractivity (Wildman–Crippen MR) is 174 cm³/mol. The fourth-order valence-electron chi connectivity index (χ4n) is 7.03. The smallest absolute Gasteiger partial charge is 0.226 e. The molecule has 1 aliphatic carbocycles. The molecule has 6 nitrogen and oxygen atoms in total. The Morgan fingerprint density at radius 2 is 1.69 bits per heavy atom. The van der Waals surface area contributed by atoms with Crippen molar-refractivity contribution in [1.29, 1.82) is 0 Å². The van der Waals surface area contributed by atoms with Gasteiger partial charge in [-0.25, -0.2) is 18.7 Å².